The van der Waals surface area contributed by atoms with E-state index in [1.54, 1.807) is 12.0 Å². The van der Waals surface area contributed by atoms with Crippen molar-refractivity contribution in [2.24, 2.45) is 0 Å². The summed E-state index contributed by atoms with van der Waals surface area (Å²) in [6, 6.07) is 22.2. The zero-order valence-corrected chi connectivity index (χ0v) is 21.8. The van der Waals surface area contributed by atoms with Gasteiger partial charge in [0.2, 0.25) is 5.91 Å². The standard InChI is InChI=1S/C30H36N2O4/c1-21(2)31-30(34)28(18-24-10-7-6-8-11-24)32(19-25-12-9-13-26(17-25)35-5)29(33)20-36-27-15-14-22(3)23(4)16-27/h6-17,21,28H,18-20H2,1-5H3,(H,31,34)/t28-/m0/s1. The average Bonchev–Trinajstić information content (AvgIpc) is 2.87. The quantitative estimate of drug-likeness (QED) is 0.419. The highest BCUT2D eigenvalue weighted by molar-refractivity contribution is 5.88. The molecule has 6 nitrogen and oxygen atoms in total. The van der Waals surface area contributed by atoms with Crippen molar-refractivity contribution in [3.63, 3.8) is 0 Å². The van der Waals surface area contributed by atoms with E-state index in [0.717, 1.165) is 22.3 Å². The fraction of sp³-hybridized carbons (Fsp3) is 0.333. The van der Waals surface area contributed by atoms with Crippen LogP contribution < -0.4 is 14.8 Å². The number of aryl methyl sites for hydroxylation is 2. The highest BCUT2D eigenvalue weighted by Gasteiger charge is 2.31. The molecule has 3 rings (SSSR count). The molecule has 0 aromatic heterocycles. The highest BCUT2D eigenvalue weighted by atomic mass is 16.5. The Morgan fingerprint density at radius 3 is 2.25 bits per heavy atom. The number of nitrogens with zero attached hydrogens (tertiary/aromatic N) is 1. The predicted octanol–water partition coefficient (Wildman–Crippen LogP) is 4.86. The fourth-order valence-corrected chi connectivity index (χ4v) is 3.93. The van der Waals surface area contributed by atoms with Crippen LogP contribution in [-0.4, -0.2) is 42.5 Å². The summed E-state index contributed by atoms with van der Waals surface area (Å²) < 4.78 is 11.3. The van der Waals surface area contributed by atoms with Crippen LogP contribution in [0.25, 0.3) is 0 Å². The van der Waals surface area contributed by atoms with Crippen LogP contribution in [0.1, 0.15) is 36.1 Å². The molecule has 1 atom stereocenters. The van der Waals surface area contributed by atoms with E-state index in [9.17, 15) is 9.59 Å². The van der Waals surface area contributed by atoms with E-state index in [1.807, 2.05) is 100 Å². The van der Waals surface area contributed by atoms with Crippen molar-refractivity contribution >= 4 is 11.8 Å². The summed E-state index contributed by atoms with van der Waals surface area (Å²) in [5, 5.41) is 3.00. The fourth-order valence-electron chi connectivity index (χ4n) is 3.93. The van der Waals surface area contributed by atoms with Crippen LogP contribution in [0, 0.1) is 13.8 Å². The zero-order chi connectivity index (χ0) is 26.1. The maximum atomic E-state index is 13.6. The van der Waals surface area contributed by atoms with Gasteiger partial charge in [0.25, 0.3) is 5.91 Å². The molecule has 0 radical (unpaired) electrons. The molecule has 36 heavy (non-hydrogen) atoms. The van der Waals surface area contributed by atoms with Gasteiger partial charge in [-0.05, 0) is 74.2 Å². The van der Waals surface area contributed by atoms with E-state index in [2.05, 4.69) is 5.32 Å². The summed E-state index contributed by atoms with van der Waals surface area (Å²) in [5.74, 6) is 0.851. The zero-order valence-electron chi connectivity index (χ0n) is 21.8. The first-order valence-corrected chi connectivity index (χ1v) is 12.2. The Morgan fingerprint density at radius 2 is 1.58 bits per heavy atom. The molecule has 190 valence electrons. The molecule has 3 aromatic carbocycles. The van der Waals surface area contributed by atoms with Crippen molar-refractivity contribution in [2.45, 2.75) is 52.7 Å². The minimum atomic E-state index is -0.711. The van der Waals surface area contributed by atoms with Gasteiger partial charge in [0, 0.05) is 19.0 Å². The Balaban J connectivity index is 1.92. The normalized spacial score (nSPS) is 11.6. The largest absolute Gasteiger partial charge is 0.497 e. The van der Waals surface area contributed by atoms with Gasteiger partial charge in [0.15, 0.2) is 6.61 Å². The van der Waals surface area contributed by atoms with E-state index >= 15 is 0 Å². The molecule has 0 aliphatic heterocycles. The Hall–Kier alpha value is -3.80. The second-order valence-electron chi connectivity index (χ2n) is 9.28. The van der Waals surface area contributed by atoms with Crippen LogP contribution in [0.4, 0.5) is 0 Å². The molecule has 0 aliphatic carbocycles. The number of carbonyl (C=O) groups is 2. The summed E-state index contributed by atoms with van der Waals surface area (Å²) in [6.45, 7) is 7.93. The van der Waals surface area contributed by atoms with E-state index in [-0.39, 0.29) is 31.0 Å². The Labute approximate surface area is 214 Å². The minimum Gasteiger partial charge on any atom is -0.497 e. The van der Waals surface area contributed by atoms with Gasteiger partial charge in [0.1, 0.15) is 17.5 Å². The van der Waals surface area contributed by atoms with Crippen molar-refractivity contribution in [1.29, 1.82) is 0 Å². The summed E-state index contributed by atoms with van der Waals surface area (Å²) in [5.41, 5.74) is 4.08. The van der Waals surface area contributed by atoms with Crippen LogP contribution in [0.5, 0.6) is 11.5 Å². The van der Waals surface area contributed by atoms with Crippen molar-refractivity contribution in [1.82, 2.24) is 10.2 Å². The Bertz CT molecular complexity index is 1160. The number of amides is 2. The Morgan fingerprint density at radius 1 is 0.861 bits per heavy atom. The van der Waals surface area contributed by atoms with Gasteiger partial charge in [-0.2, -0.15) is 0 Å². The number of ether oxygens (including phenoxy) is 2. The van der Waals surface area contributed by atoms with E-state index in [1.165, 1.54) is 0 Å². The molecule has 0 aliphatic rings. The maximum absolute atomic E-state index is 13.6. The van der Waals surface area contributed by atoms with Gasteiger partial charge in [0.05, 0.1) is 7.11 Å². The van der Waals surface area contributed by atoms with Crippen molar-refractivity contribution in [3.8, 4) is 11.5 Å². The van der Waals surface area contributed by atoms with Crippen LogP contribution in [0.2, 0.25) is 0 Å². The van der Waals surface area contributed by atoms with E-state index in [0.29, 0.717) is 17.9 Å². The van der Waals surface area contributed by atoms with E-state index in [4.69, 9.17) is 9.47 Å². The monoisotopic (exact) mass is 488 g/mol. The number of carbonyl (C=O) groups excluding carboxylic acids is 2. The molecule has 2 amide bonds. The van der Waals surface area contributed by atoms with Gasteiger partial charge in [-0.1, -0.05) is 48.5 Å². The third kappa shape index (κ3) is 7.60. The molecule has 3 aromatic rings. The first kappa shape index (κ1) is 26.8. The lowest BCUT2D eigenvalue weighted by atomic mass is 10.0. The average molecular weight is 489 g/mol. The number of hydrogen-bond donors (Lipinski definition) is 1. The minimum absolute atomic E-state index is 0.0590. The van der Waals surface area contributed by atoms with Crippen LogP contribution in [0.15, 0.2) is 72.8 Å². The SMILES string of the molecule is COc1cccc(CN(C(=O)COc2ccc(C)c(C)c2)[C@@H](Cc2ccccc2)C(=O)NC(C)C)c1. The summed E-state index contributed by atoms with van der Waals surface area (Å²) in [7, 11) is 1.60. The summed E-state index contributed by atoms with van der Waals surface area (Å²) in [6.07, 6.45) is 0.388. The second-order valence-corrected chi connectivity index (χ2v) is 9.28. The first-order valence-electron chi connectivity index (χ1n) is 12.2. The lowest BCUT2D eigenvalue weighted by Crippen LogP contribution is -2.52. The van der Waals surface area contributed by atoms with Crippen LogP contribution >= 0.6 is 0 Å². The van der Waals surface area contributed by atoms with Crippen molar-refractivity contribution < 1.29 is 19.1 Å². The number of rotatable bonds is 11. The third-order valence-electron chi connectivity index (χ3n) is 6.03. The van der Waals surface area contributed by atoms with Crippen LogP contribution in [-0.2, 0) is 22.6 Å². The molecule has 0 spiro atoms. The number of nitrogens with one attached hydrogen (secondary N) is 1. The lowest BCUT2D eigenvalue weighted by molar-refractivity contribution is -0.143. The van der Waals surface area contributed by atoms with Crippen molar-refractivity contribution in [3.05, 3.63) is 95.1 Å². The number of hydrogen-bond acceptors (Lipinski definition) is 4. The molecule has 0 fully saturated rings. The highest BCUT2D eigenvalue weighted by Crippen LogP contribution is 2.20. The van der Waals surface area contributed by atoms with Gasteiger partial charge in [-0.25, -0.2) is 0 Å². The number of benzene rings is 3. The van der Waals surface area contributed by atoms with Gasteiger partial charge in [-0.3, -0.25) is 9.59 Å². The molecule has 0 saturated carbocycles. The Kier molecular flexibility index (Phi) is 9.51. The van der Waals surface area contributed by atoms with Gasteiger partial charge < -0.3 is 19.7 Å². The smallest absolute Gasteiger partial charge is 0.261 e. The summed E-state index contributed by atoms with van der Waals surface area (Å²) >= 11 is 0. The lowest BCUT2D eigenvalue weighted by Gasteiger charge is -2.32. The van der Waals surface area contributed by atoms with Crippen molar-refractivity contribution in [2.75, 3.05) is 13.7 Å². The molecule has 6 heteroatoms. The first-order chi connectivity index (χ1) is 17.3. The predicted molar refractivity (Wildman–Crippen MR) is 142 cm³/mol. The van der Waals surface area contributed by atoms with Crippen LogP contribution in [0.3, 0.4) is 0 Å². The molecule has 0 bridgehead atoms. The maximum Gasteiger partial charge on any atom is 0.261 e. The molecule has 0 saturated heterocycles. The molecular formula is C30H36N2O4. The number of methoxy groups -OCH3 is 1. The molecular weight excluding hydrogens is 452 g/mol. The summed E-state index contributed by atoms with van der Waals surface area (Å²) in [4.78, 5) is 28.7. The van der Waals surface area contributed by atoms with Gasteiger partial charge in [-0.15, -0.1) is 0 Å². The van der Waals surface area contributed by atoms with E-state index < -0.39 is 6.04 Å². The van der Waals surface area contributed by atoms with Gasteiger partial charge >= 0.3 is 0 Å². The third-order valence-corrected chi connectivity index (χ3v) is 6.03. The molecule has 0 unspecified atom stereocenters. The second kappa shape index (κ2) is 12.8. The molecule has 1 N–H and O–H groups in total. The molecule has 0 heterocycles. The topological polar surface area (TPSA) is 67.9 Å².